The van der Waals surface area contributed by atoms with Gasteiger partial charge in [-0.05, 0) is 44.7 Å². The van der Waals surface area contributed by atoms with E-state index < -0.39 is 0 Å². The number of carbonyl (C=O) groups is 1. The van der Waals surface area contributed by atoms with Crippen LogP contribution in [0.5, 0.6) is 0 Å². The third-order valence-corrected chi connectivity index (χ3v) is 4.96. The first kappa shape index (κ1) is 27.5. The van der Waals surface area contributed by atoms with E-state index >= 15 is 0 Å². The van der Waals surface area contributed by atoms with E-state index in [-0.39, 0.29) is 36.1 Å². The van der Waals surface area contributed by atoms with Gasteiger partial charge in [0.05, 0.1) is 12.9 Å². The van der Waals surface area contributed by atoms with E-state index in [0.717, 1.165) is 70.0 Å². The van der Waals surface area contributed by atoms with Crippen molar-refractivity contribution in [2.24, 2.45) is 4.99 Å². The van der Waals surface area contributed by atoms with Crippen LogP contribution in [0.2, 0.25) is 0 Å². The van der Waals surface area contributed by atoms with Crippen molar-refractivity contribution < 1.29 is 18.7 Å². The summed E-state index contributed by atoms with van der Waals surface area (Å²) in [4.78, 5) is 18.4. The number of hydrogen-bond acceptors (Lipinski definition) is 5. The van der Waals surface area contributed by atoms with Gasteiger partial charge in [-0.3, -0.25) is 4.99 Å². The lowest BCUT2D eigenvalue weighted by Crippen LogP contribution is -2.50. The normalized spacial score (nSPS) is 14.8. The maximum absolute atomic E-state index is 11.9. The van der Waals surface area contributed by atoms with Crippen LogP contribution >= 0.6 is 24.0 Å². The Morgan fingerprint density at radius 3 is 2.71 bits per heavy atom. The van der Waals surface area contributed by atoms with E-state index in [1.165, 1.54) is 0 Å². The molecular weight excluding hydrogens is 511 g/mol. The average molecular weight is 550 g/mol. The number of nitrogens with one attached hydrogen (secondary N) is 2. The molecule has 1 aromatic rings. The Labute approximate surface area is 203 Å². The topological polar surface area (TPSA) is 88.3 Å². The van der Waals surface area contributed by atoms with Crippen LogP contribution in [0.1, 0.15) is 51.7 Å². The Hall–Kier alpha value is -1.49. The predicted molar refractivity (Wildman–Crippen MR) is 133 cm³/mol. The number of unbranched alkanes of at least 4 members (excludes halogenated alkanes) is 1. The Balaban J connectivity index is 0.00000480. The molecule has 8 nitrogen and oxygen atoms in total. The second-order valence-electron chi connectivity index (χ2n) is 7.41. The van der Waals surface area contributed by atoms with E-state index in [9.17, 15) is 4.79 Å². The predicted octanol–water partition coefficient (Wildman–Crippen LogP) is 3.80. The summed E-state index contributed by atoms with van der Waals surface area (Å²) in [6.07, 6.45) is 7.18. The molecule has 0 aliphatic carbocycles. The number of nitrogens with zero attached hydrogens (tertiary/aromatic N) is 2. The molecule has 0 radical (unpaired) electrons. The van der Waals surface area contributed by atoms with Crippen LogP contribution in [0.3, 0.4) is 0 Å². The highest BCUT2D eigenvalue weighted by Crippen LogP contribution is 2.11. The number of hydrogen-bond donors (Lipinski definition) is 2. The summed E-state index contributed by atoms with van der Waals surface area (Å²) >= 11 is 0. The summed E-state index contributed by atoms with van der Waals surface area (Å²) in [6.45, 7) is 8.82. The van der Waals surface area contributed by atoms with Gasteiger partial charge in [0.15, 0.2) is 5.96 Å². The minimum atomic E-state index is -0.218. The SMILES string of the molecule is CCCCOCCCN=C(NCCc1ccco1)NC1CCN(C(=O)OCC)CC1.I. The molecule has 0 saturated carbocycles. The zero-order valence-electron chi connectivity index (χ0n) is 18.9. The van der Waals surface area contributed by atoms with Gasteiger partial charge in [0.25, 0.3) is 0 Å². The molecule has 0 unspecified atom stereocenters. The molecule has 1 aliphatic heterocycles. The first-order valence-corrected chi connectivity index (χ1v) is 11.3. The number of ether oxygens (including phenoxy) is 2. The lowest BCUT2D eigenvalue weighted by atomic mass is 10.1. The number of rotatable bonds is 12. The smallest absolute Gasteiger partial charge is 0.409 e. The highest BCUT2D eigenvalue weighted by atomic mass is 127. The lowest BCUT2D eigenvalue weighted by molar-refractivity contribution is 0.0963. The summed E-state index contributed by atoms with van der Waals surface area (Å²) in [5, 5.41) is 6.93. The van der Waals surface area contributed by atoms with E-state index in [0.29, 0.717) is 26.2 Å². The van der Waals surface area contributed by atoms with E-state index in [2.05, 4.69) is 17.6 Å². The number of piperidine rings is 1. The molecule has 0 aromatic carbocycles. The number of guanidine groups is 1. The molecule has 0 bridgehead atoms. The van der Waals surface area contributed by atoms with Crippen molar-refractivity contribution in [3.63, 3.8) is 0 Å². The van der Waals surface area contributed by atoms with Gasteiger partial charge in [-0.25, -0.2) is 4.79 Å². The minimum absolute atomic E-state index is 0. The van der Waals surface area contributed by atoms with Crippen LogP contribution < -0.4 is 10.6 Å². The van der Waals surface area contributed by atoms with Gasteiger partial charge in [0.1, 0.15) is 5.76 Å². The van der Waals surface area contributed by atoms with Crippen molar-refractivity contribution in [1.82, 2.24) is 15.5 Å². The molecule has 2 rings (SSSR count). The van der Waals surface area contributed by atoms with Gasteiger partial charge >= 0.3 is 6.09 Å². The first-order chi connectivity index (χ1) is 14.7. The molecule has 2 N–H and O–H groups in total. The summed E-state index contributed by atoms with van der Waals surface area (Å²) in [5.41, 5.74) is 0. The molecule has 2 heterocycles. The molecule has 178 valence electrons. The van der Waals surface area contributed by atoms with Crippen molar-refractivity contribution in [1.29, 1.82) is 0 Å². The third kappa shape index (κ3) is 11.6. The number of amides is 1. The Morgan fingerprint density at radius 2 is 2.03 bits per heavy atom. The standard InChI is InChI=1S/C22H38N4O4.HI/c1-3-5-16-28-17-7-12-23-21(24-13-9-20-8-6-18-30-20)25-19-10-14-26(15-11-19)22(27)29-4-2;/h6,8,18-19H,3-5,7,9-17H2,1-2H3,(H2,23,24,25);1H. The van der Waals surface area contributed by atoms with Crippen molar-refractivity contribution in [3.05, 3.63) is 24.2 Å². The molecule has 0 atom stereocenters. The van der Waals surface area contributed by atoms with Crippen LogP contribution in [0.4, 0.5) is 4.79 Å². The molecule has 1 saturated heterocycles. The van der Waals surface area contributed by atoms with Crippen LogP contribution in [-0.2, 0) is 15.9 Å². The minimum Gasteiger partial charge on any atom is -0.469 e. The van der Waals surface area contributed by atoms with Gasteiger partial charge in [-0.2, -0.15) is 0 Å². The van der Waals surface area contributed by atoms with Crippen molar-refractivity contribution in [3.8, 4) is 0 Å². The molecular formula is C22H39IN4O4. The molecule has 1 fully saturated rings. The molecule has 1 aromatic heterocycles. The summed E-state index contributed by atoms with van der Waals surface area (Å²) in [7, 11) is 0. The highest BCUT2D eigenvalue weighted by molar-refractivity contribution is 14.0. The van der Waals surface area contributed by atoms with Gasteiger partial charge in [-0.15, -0.1) is 24.0 Å². The fourth-order valence-corrected chi connectivity index (χ4v) is 3.23. The maximum atomic E-state index is 11.9. The lowest BCUT2D eigenvalue weighted by Gasteiger charge is -2.32. The van der Waals surface area contributed by atoms with Gasteiger partial charge < -0.3 is 29.4 Å². The Morgan fingerprint density at radius 1 is 1.26 bits per heavy atom. The zero-order valence-corrected chi connectivity index (χ0v) is 21.3. The van der Waals surface area contributed by atoms with E-state index in [1.807, 2.05) is 19.1 Å². The van der Waals surface area contributed by atoms with Crippen LogP contribution in [0.25, 0.3) is 0 Å². The van der Waals surface area contributed by atoms with Gasteiger partial charge in [0, 0.05) is 51.9 Å². The third-order valence-electron chi connectivity index (χ3n) is 4.96. The highest BCUT2D eigenvalue weighted by Gasteiger charge is 2.24. The van der Waals surface area contributed by atoms with Crippen molar-refractivity contribution in [2.75, 3.05) is 46.0 Å². The second kappa shape index (κ2) is 17.1. The zero-order chi connectivity index (χ0) is 21.4. The van der Waals surface area contributed by atoms with Crippen LogP contribution in [0, 0.1) is 0 Å². The van der Waals surface area contributed by atoms with E-state index in [1.54, 1.807) is 11.2 Å². The largest absolute Gasteiger partial charge is 0.469 e. The number of likely N-dealkylation sites (tertiary alicyclic amines) is 1. The van der Waals surface area contributed by atoms with Gasteiger partial charge in [0.2, 0.25) is 0 Å². The number of halogens is 1. The molecule has 31 heavy (non-hydrogen) atoms. The van der Waals surface area contributed by atoms with E-state index in [4.69, 9.17) is 18.9 Å². The summed E-state index contributed by atoms with van der Waals surface area (Å²) < 4.78 is 16.1. The number of carbonyl (C=O) groups excluding carboxylic acids is 1. The molecule has 0 spiro atoms. The first-order valence-electron chi connectivity index (χ1n) is 11.3. The summed E-state index contributed by atoms with van der Waals surface area (Å²) in [5.74, 6) is 1.76. The molecule has 9 heteroatoms. The Kier molecular flexibility index (Phi) is 15.2. The maximum Gasteiger partial charge on any atom is 0.409 e. The quantitative estimate of drug-likeness (QED) is 0.178. The number of aliphatic imine (C=N–C) groups is 1. The van der Waals surface area contributed by atoms with Crippen molar-refractivity contribution in [2.45, 2.75) is 58.4 Å². The summed E-state index contributed by atoms with van der Waals surface area (Å²) in [6, 6.07) is 4.16. The average Bonchev–Trinajstić information content (AvgIpc) is 3.27. The molecule has 1 aliphatic rings. The second-order valence-corrected chi connectivity index (χ2v) is 7.41. The Bertz CT molecular complexity index is 605. The van der Waals surface area contributed by atoms with Crippen molar-refractivity contribution >= 4 is 36.0 Å². The van der Waals surface area contributed by atoms with Crippen LogP contribution in [0.15, 0.2) is 27.8 Å². The fourth-order valence-electron chi connectivity index (χ4n) is 3.23. The van der Waals surface area contributed by atoms with Gasteiger partial charge in [-0.1, -0.05) is 13.3 Å². The fraction of sp³-hybridized carbons (Fsp3) is 0.727. The molecule has 1 amide bonds. The monoisotopic (exact) mass is 550 g/mol. The van der Waals surface area contributed by atoms with Crippen LogP contribution in [-0.4, -0.2) is 69.0 Å². The number of furan rings is 1.